The van der Waals surface area contributed by atoms with E-state index in [4.69, 9.17) is 4.42 Å². The van der Waals surface area contributed by atoms with Crippen LogP contribution >= 0.6 is 0 Å². The second-order valence-corrected chi connectivity index (χ2v) is 7.41. The number of aryl methyl sites for hydroxylation is 1. The van der Waals surface area contributed by atoms with Gasteiger partial charge in [-0.2, -0.15) is 0 Å². The molecule has 2 fully saturated rings. The van der Waals surface area contributed by atoms with Crippen LogP contribution in [-0.4, -0.2) is 47.9 Å². The fourth-order valence-electron chi connectivity index (χ4n) is 3.87. The second-order valence-electron chi connectivity index (χ2n) is 7.41. The first-order chi connectivity index (χ1) is 12.0. The lowest BCUT2D eigenvalue weighted by molar-refractivity contribution is -0.135. The Balaban J connectivity index is 1.46. The molecule has 1 saturated heterocycles. The van der Waals surface area contributed by atoms with Crippen LogP contribution in [-0.2, 0) is 11.3 Å². The highest BCUT2D eigenvalue weighted by molar-refractivity contribution is 5.79. The monoisotopic (exact) mass is 347 g/mol. The van der Waals surface area contributed by atoms with Crippen LogP contribution in [0.5, 0.6) is 0 Å². The highest BCUT2D eigenvalue weighted by Gasteiger charge is 2.32. The lowest BCUT2D eigenvalue weighted by atomic mass is 9.88. The first-order valence-electron chi connectivity index (χ1n) is 9.38. The molecule has 138 valence electrons. The molecule has 1 saturated carbocycles. The van der Waals surface area contributed by atoms with Gasteiger partial charge in [-0.1, -0.05) is 19.3 Å². The van der Waals surface area contributed by atoms with E-state index in [1.54, 1.807) is 18.2 Å². The van der Waals surface area contributed by atoms with Crippen LogP contribution in [0, 0.1) is 12.8 Å². The number of likely N-dealkylation sites (tertiary alicyclic amines) is 1. The van der Waals surface area contributed by atoms with Crippen molar-refractivity contribution in [2.45, 2.75) is 58.0 Å². The maximum absolute atomic E-state index is 12.6. The highest BCUT2D eigenvalue weighted by Crippen LogP contribution is 2.26. The van der Waals surface area contributed by atoms with Gasteiger partial charge in [0.05, 0.1) is 12.8 Å². The van der Waals surface area contributed by atoms with Crippen molar-refractivity contribution in [3.05, 3.63) is 23.7 Å². The summed E-state index contributed by atoms with van der Waals surface area (Å²) in [6.07, 6.45) is 8.12. The standard InChI is InChI=1S/C19H29N3O3/c1-14-16(9-11-25-14)12-21(2)19(24)20-17-8-10-22(13-17)18(23)15-6-4-3-5-7-15/h9,11,15,17H,3-8,10,12-13H2,1-2H3,(H,20,24)/t17-/m1/s1. The van der Waals surface area contributed by atoms with Crippen LogP contribution in [0.2, 0.25) is 0 Å². The Kier molecular flexibility index (Phi) is 5.66. The molecule has 6 nitrogen and oxygen atoms in total. The van der Waals surface area contributed by atoms with Gasteiger partial charge in [-0.25, -0.2) is 4.79 Å². The van der Waals surface area contributed by atoms with Crippen LogP contribution in [0.25, 0.3) is 0 Å². The van der Waals surface area contributed by atoms with E-state index in [0.29, 0.717) is 19.0 Å². The number of rotatable bonds is 4. The molecule has 1 N–H and O–H groups in total. The van der Waals surface area contributed by atoms with E-state index in [1.165, 1.54) is 19.3 Å². The SMILES string of the molecule is Cc1occc1CN(C)C(=O)N[C@@H]1CCN(C(=O)C2CCCCC2)C1. The molecular formula is C19H29N3O3. The predicted octanol–water partition coefficient (Wildman–Crippen LogP) is 2.91. The maximum Gasteiger partial charge on any atom is 0.317 e. The average molecular weight is 347 g/mol. The summed E-state index contributed by atoms with van der Waals surface area (Å²) < 4.78 is 5.27. The third kappa shape index (κ3) is 4.35. The molecule has 1 aromatic rings. The second kappa shape index (κ2) is 7.93. The summed E-state index contributed by atoms with van der Waals surface area (Å²) in [7, 11) is 1.78. The average Bonchev–Trinajstić information content (AvgIpc) is 3.24. The van der Waals surface area contributed by atoms with E-state index in [9.17, 15) is 9.59 Å². The van der Waals surface area contributed by atoms with E-state index in [0.717, 1.165) is 37.1 Å². The normalized spacial score (nSPS) is 21.4. The molecule has 0 radical (unpaired) electrons. The van der Waals surface area contributed by atoms with Crippen molar-refractivity contribution in [3.8, 4) is 0 Å². The lowest BCUT2D eigenvalue weighted by Crippen LogP contribution is -2.45. The number of furan rings is 1. The van der Waals surface area contributed by atoms with Gasteiger partial charge in [-0.15, -0.1) is 0 Å². The van der Waals surface area contributed by atoms with Gasteiger partial charge in [0.2, 0.25) is 5.91 Å². The quantitative estimate of drug-likeness (QED) is 0.911. The zero-order valence-corrected chi connectivity index (χ0v) is 15.3. The van der Waals surface area contributed by atoms with E-state index in [1.807, 2.05) is 17.9 Å². The molecule has 0 spiro atoms. The van der Waals surface area contributed by atoms with Crippen LogP contribution in [0.3, 0.4) is 0 Å². The van der Waals surface area contributed by atoms with Crippen molar-refractivity contribution >= 4 is 11.9 Å². The molecule has 3 amide bonds. The third-order valence-corrected chi connectivity index (χ3v) is 5.50. The maximum atomic E-state index is 12.6. The van der Waals surface area contributed by atoms with Crippen molar-refractivity contribution in [3.63, 3.8) is 0 Å². The van der Waals surface area contributed by atoms with Gasteiger partial charge in [-0.3, -0.25) is 4.79 Å². The number of hydrogen-bond donors (Lipinski definition) is 1. The zero-order valence-electron chi connectivity index (χ0n) is 15.3. The number of amides is 3. The Hall–Kier alpha value is -1.98. The Morgan fingerprint density at radius 3 is 2.72 bits per heavy atom. The van der Waals surface area contributed by atoms with Crippen molar-refractivity contribution < 1.29 is 14.0 Å². The molecule has 0 aromatic carbocycles. The van der Waals surface area contributed by atoms with Crippen molar-refractivity contribution in [2.75, 3.05) is 20.1 Å². The smallest absolute Gasteiger partial charge is 0.317 e. The Morgan fingerprint density at radius 2 is 2.04 bits per heavy atom. The van der Waals surface area contributed by atoms with Crippen molar-refractivity contribution in [1.29, 1.82) is 0 Å². The van der Waals surface area contributed by atoms with Crippen molar-refractivity contribution in [2.24, 2.45) is 5.92 Å². The summed E-state index contributed by atoms with van der Waals surface area (Å²) in [5, 5.41) is 3.06. The van der Waals surface area contributed by atoms with Crippen LogP contribution in [0.15, 0.2) is 16.7 Å². The summed E-state index contributed by atoms with van der Waals surface area (Å²) >= 11 is 0. The van der Waals surface area contributed by atoms with Crippen molar-refractivity contribution in [1.82, 2.24) is 15.1 Å². The van der Waals surface area contributed by atoms with Gasteiger partial charge < -0.3 is 19.5 Å². The number of nitrogens with one attached hydrogen (secondary N) is 1. The molecule has 1 aromatic heterocycles. The number of urea groups is 1. The van der Waals surface area contributed by atoms with E-state index in [-0.39, 0.29) is 18.0 Å². The minimum absolute atomic E-state index is 0.0490. The Bertz CT molecular complexity index is 607. The van der Waals surface area contributed by atoms with Gasteiger partial charge in [-0.05, 0) is 32.3 Å². The Morgan fingerprint density at radius 1 is 1.28 bits per heavy atom. The first kappa shape index (κ1) is 17.8. The van der Waals surface area contributed by atoms with Crippen LogP contribution in [0.1, 0.15) is 49.8 Å². The van der Waals surface area contributed by atoms with Gasteiger partial charge >= 0.3 is 6.03 Å². The molecule has 0 bridgehead atoms. The fourth-order valence-corrected chi connectivity index (χ4v) is 3.87. The molecule has 1 atom stereocenters. The largest absolute Gasteiger partial charge is 0.469 e. The van der Waals surface area contributed by atoms with Gasteiger partial charge in [0, 0.05) is 37.7 Å². The molecular weight excluding hydrogens is 318 g/mol. The van der Waals surface area contributed by atoms with Gasteiger partial charge in [0.15, 0.2) is 0 Å². The van der Waals surface area contributed by atoms with Crippen LogP contribution in [0.4, 0.5) is 4.79 Å². The predicted molar refractivity (Wildman–Crippen MR) is 95.0 cm³/mol. The fraction of sp³-hybridized carbons (Fsp3) is 0.684. The van der Waals surface area contributed by atoms with Gasteiger partial charge in [0.1, 0.15) is 5.76 Å². The minimum Gasteiger partial charge on any atom is -0.469 e. The van der Waals surface area contributed by atoms with E-state index < -0.39 is 0 Å². The summed E-state index contributed by atoms with van der Waals surface area (Å²) in [6, 6.07) is 1.84. The summed E-state index contributed by atoms with van der Waals surface area (Å²) in [6.45, 7) is 3.81. The first-order valence-corrected chi connectivity index (χ1v) is 9.38. The number of carbonyl (C=O) groups is 2. The number of carbonyl (C=O) groups excluding carboxylic acids is 2. The minimum atomic E-state index is -0.0995. The molecule has 1 aliphatic carbocycles. The third-order valence-electron chi connectivity index (χ3n) is 5.50. The lowest BCUT2D eigenvalue weighted by Gasteiger charge is -2.26. The molecule has 2 heterocycles. The summed E-state index contributed by atoms with van der Waals surface area (Å²) in [5.74, 6) is 1.33. The summed E-state index contributed by atoms with van der Waals surface area (Å²) in [5.41, 5.74) is 1.01. The van der Waals surface area contributed by atoms with Crippen LogP contribution < -0.4 is 5.32 Å². The summed E-state index contributed by atoms with van der Waals surface area (Å²) in [4.78, 5) is 28.6. The molecule has 0 unspecified atom stereocenters. The number of hydrogen-bond acceptors (Lipinski definition) is 3. The molecule has 2 aliphatic rings. The van der Waals surface area contributed by atoms with Gasteiger partial charge in [0.25, 0.3) is 0 Å². The Labute approximate surface area is 149 Å². The molecule has 25 heavy (non-hydrogen) atoms. The zero-order chi connectivity index (χ0) is 17.8. The molecule has 3 rings (SSSR count). The molecule has 1 aliphatic heterocycles. The van der Waals surface area contributed by atoms with E-state index >= 15 is 0 Å². The highest BCUT2D eigenvalue weighted by atomic mass is 16.3. The topological polar surface area (TPSA) is 65.8 Å². The number of nitrogens with zero attached hydrogens (tertiary/aromatic N) is 2. The van der Waals surface area contributed by atoms with E-state index in [2.05, 4.69) is 5.32 Å². The molecule has 6 heteroatoms.